The van der Waals surface area contributed by atoms with Crippen molar-refractivity contribution in [2.45, 2.75) is 57.5 Å². The number of anilines is 2. The van der Waals surface area contributed by atoms with Crippen molar-refractivity contribution in [3.8, 4) is 10.6 Å². The van der Waals surface area contributed by atoms with Crippen molar-refractivity contribution in [3.05, 3.63) is 51.1 Å². The van der Waals surface area contributed by atoms with Gasteiger partial charge in [0.15, 0.2) is 5.13 Å². The summed E-state index contributed by atoms with van der Waals surface area (Å²) in [6, 6.07) is 3.67. The van der Waals surface area contributed by atoms with Gasteiger partial charge < -0.3 is 16.0 Å². The molecule has 3 N–H and O–H groups in total. The van der Waals surface area contributed by atoms with Gasteiger partial charge in [0, 0.05) is 22.6 Å². The van der Waals surface area contributed by atoms with E-state index < -0.39 is 0 Å². The molecular formula is C25H24N6O2S2. The van der Waals surface area contributed by atoms with Crippen LogP contribution in [0.1, 0.15) is 53.7 Å². The van der Waals surface area contributed by atoms with Crippen molar-refractivity contribution in [3.63, 3.8) is 0 Å². The van der Waals surface area contributed by atoms with E-state index in [1.54, 1.807) is 17.5 Å². The minimum absolute atomic E-state index is 0.0398. The number of hydrogen-bond donors (Lipinski definition) is 2. The van der Waals surface area contributed by atoms with Gasteiger partial charge in [-0.3, -0.25) is 9.59 Å². The van der Waals surface area contributed by atoms with Gasteiger partial charge in [-0.05, 0) is 58.6 Å². The number of pyridine rings is 1. The number of primary amides is 1. The fourth-order valence-electron chi connectivity index (χ4n) is 6.93. The number of hydrogen-bond acceptors (Lipinski definition) is 8. The Morgan fingerprint density at radius 2 is 1.89 bits per heavy atom. The summed E-state index contributed by atoms with van der Waals surface area (Å²) in [5.74, 6) is 0.336. The minimum Gasteiger partial charge on any atom is -0.366 e. The van der Waals surface area contributed by atoms with Gasteiger partial charge in [-0.15, -0.1) is 22.7 Å². The molecule has 3 aliphatic carbocycles. The van der Waals surface area contributed by atoms with Gasteiger partial charge in [0.1, 0.15) is 5.82 Å². The second kappa shape index (κ2) is 6.55. The van der Waals surface area contributed by atoms with Crippen molar-refractivity contribution >= 4 is 45.4 Å². The van der Waals surface area contributed by atoms with Gasteiger partial charge >= 0.3 is 0 Å². The molecular weight excluding hydrogens is 480 g/mol. The van der Waals surface area contributed by atoms with E-state index in [0.717, 1.165) is 57.7 Å². The Bertz CT molecular complexity index is 1460. The summed E-state index contributed by atoms with van der Waals surface area (Å²) in [6.07, 6.45) is 5.27. The first-order chi connectivity index (χ1) is 16.7. The number of nitrogens with zero attached hydrogens (tertiary/aromatic N) is 4. The molecule has 2 unspecified atom stereocenters. The van der Waals surface area contributed by atoms with E-state index in [9.17, 15) is 9.59 Å². The Labute approximate surface area is 210 Å². The summed E-state index contributed by atoms with van der Waals surface area (Å²) >= 11 is 3.15. The molecule has 5 heterocycles. The van der Waals surface area contributed by atoms with Crippen LogP contribution in [0.5, 0.6) is 0 Å². The molecule has 0 radical (unpaired) electrons. The number of thiazole rings is 2. The highest BCUT2D eigenvalue weighted by atomic mass is 32.1. The second-order valence-corrected chi connectivity index (χ2v) is 12.4. The molecule has 0 aromatic carbocycles. The molecule has 5 fully saturated rings. The molecule has 5 aliphatic rings. The average Bonchev–Trinajstić information content (AvgIpc) is 3.35. The molecule has 2 aliphatic heterocycles. The molecule has 8 rings (SSSR count). The standard InChI is InChI=1S/C25H24N6O2S2/c1-12(20(26)32)16-6-24-10-23(24)11-25(23,7-16)31(24)21(33)15-4-5-18(27-8-15)30-22-29-17(9-34-22)19-13(2)28-14(3)35-19/h4-5,8-9H,6-7,10-11H2,1-3H3,(H2,26,32)(H,27,29,30)/t23?,24-,25?/m0/s1. The lowest BCUT2D eigenvalue weighted by atomic mass is 9.74. The zero-order valence-electron chi connectivity index (χ0n) is 19.6. The molecule has 2 saturated heterocycles. The van der Waals surface area contributed by atoms with Crippen LogP contribution in [0, 0.1) is 19.3 Å². The molecule has 3 atom stereocenters. The van der Waals surface area contributed by atoms with Crippen molar-refractivity contribution < 1.29 is 9.59 Å². The number of fused-ring (bicyclic) bond motifs is 2. The van der Waals surface area contributed by atoms with E-state index in [1.807, 2.05) is 38.3 Å². The predicted octanol–water partition coefficient (Wildman–Crippen LogP) is 4.34. The molecule has 10 heteroatoms. The number of rotatable bonds is 5. The van der Waals surface area contributed by atoms with Crippen LogP contribution in [0.2, 0.25) is 0 Å². The van der Waals surface area contributed by atoms with E-state index >= 15 is 0 Å². The van der Waals surface area contributed by atoms with E-state index in [1.165, 1.54) is 11.3 Å². The molecule has 2 amide bonds. The van der Waals surface area contributed by atoms with Crippen LogP contribution in [0.4, 0.5) is 10.9 Å². The molecule has 8 nitrogen and oxygen atoms in total. The van der Waals surface area contributed by atoms with Gasteiger partial charge in [-0.25, -0.2) is 15.0 Å². The van der Waals surface area contributed by atoms with Crippen molar-refractivity contribution in [2.75, 3.05) is 5.32 Å². The lowest BCUT2D eigenvalue weighted by molar-refractivity contribution is -0.114. The highest BCUT2D eigenvalue weighted by Gasteiger charge is 3.02. The molecule has 2 bridgehead atoms. The van der Waals surface area contributed by atoms with Crippen molar-refractivity contribution in [2.24, 2.45) is 11.1 Å². The highest BCUT2D eigenvalue weighted by Crippen LogP contribution is 2.97. The summed E-state index contributed by atoms with van der Waals surface area (Å²) in [5, 5.41) is 7.04. The Morgan fingerprint density at radius 3 is 2.49 bits per heavy atom. The molecule has 3 aromatic heterocycles. The first-order valence-corrected chi connectivity index (χ1v) is 13.4. The Morgan fingerprint density at radius 1 is 1.14 bits per heavy atom. The Kier molecular flexibility index (Phi) is 3.97. The lowest BCUT2D eigenvalue weighted by Gasteiger charge is -2.53. The van der Waals surface area contributed by atoms with Crippen LogP contribution >= 0.6 is 22.7 Å². The summed E-state index contributed by atoms with van der Waals surface area (Å²) in [5.41, 5.74) is 9.90. The number of nitrogens with one attached hydrogen (secondary N) is 1. The summed E-state index contributed by atoms with van der Waals surface area (Å²) in [7, 11) is 0. The maximum absolute atomic E-state index is 13.5. The lowest BCUT2D eigenvalue weighted by Crippen LogP contribution is -2.64. The number of carbonyl (C=O) groups is 2. The smallest absolute Gasteiger partial charge is 0.256 e. The largest absolute Gasteiger partial charge is 0.366 e. The number of aryl methyl sites for hydroxylation is 2. The molecule has 178 valence electrons. The first-order valence-electron chi connectivity index (χ1n) is 11.7. The topological polar surface area (TPSA) is 114 Å². The zero-order valence-corrected chi connectivity index (χ0v) is 21.3. The quantitative estimate of drug-likeness (QED) is 0.500. The Balaban J connectivity index is 1.08. The van der Waals surface area contributed by atoms with Gasteiger partial charge in [0.05, 0.1) is 37.9 Å². The van der Waals surface area contributed by atoms with Crippen LogP contribution < -0.4 is 11.1 Å². The summed E-state index contributed by atoms with van der Waals surface area (Å²) in [4.78, 5) is 42.1. The number of nitrogens with two attached hydrogens (primary N) is 1. The maximum atomic E-state index is 13.5. The fourth-order valence-corrected chi connectivity index (χ4v) is 8.60. The van der Waals surface area contributed by atoms with E-state index in [4.69, 9.17) is 5.73 Å². The average molecular weight is 505 g/mol. The SMILES string of the molecule is CC(C(N)=O)=C1CC23CC24C[C@]4(C1)N3C(=O)c1ccc(Nc2nc(-c3sc(C)nc3C)cs2)nc1. The first kappa shape index (κ1) is 21.2. The fraction of sp³-hybridized carbons (Fsp3) is 0.400. The maximum Gasteiger partial charge on any atom is 0.256 e. The van der Waals surface area contributed by atoms with Gasteiger partial charge in [-0.2, -0.15) is 0 Å². The van der Waals surface area contributed by atoms with Crippen LogP contribution in [0.15, 0.2) is 34.9 Å². The predicted molar refractivity (Wildman–Crippen MR) is 135 cm³/mol. The molecule has 35 heavy (non-hydrogen) atoms. The number of amides is 2. The molecule has 3 aromatic rings. The van der Waals surface area contributed by atoms with Crippen LogP contribution in [0.25, 0.3) is 10.6 Å². The Hall–Kier alpha value is -3.11. The van der Waals surface area contributed by atoms with E-state index in [0.29, 0.717) is 22.4 Å². The summed E-state index contributed by atoms with van der Waals surface area (Å²) in [6.45, 7) is 5.81. The van der Waals surface area contributed by atoms with Crippen molar-refractivity contribution in [1.82, 2.24) is 19.9 Å². The molecule has 3 saturated carbocycles. The number of piperidine rings is 2. The number of carbonyl (C=O) groups excluding carboxylic acids is 2. The third-order valence-corrected chi connectivity index (χ3v) is 10.4. The zero-order chi connectivity index (χ0) is 24.3. The third kappa shape index (κ3) is 2.58. The normalized spacial score (nSPS) is 30.7. The van der Waals surface area contributed by atoms with E-state index in [-0.39, 0.29) is 22.9 Å². The van der Waals surface area contributed by atoms with Crippen LogP contribution in [-0.2, 0) is 4.79 Å². The minimum atomic E-state index is -0.351. The van der Waals surface area contributed by atoms with Gasteiger partial charge in [-0.1, -0.05) is 5.57 Å². The van der Waals surface area contributed by atoms with Crippen LogP contribution in [0.3, 0.4) is 0 Å². The second-order valence-electron chi connectivity index (χ2n) is 10.3. The third-order valence-electron chi connectivity index (χ3n) is 8.58. The van der Waals surface area contributed by atoms with E-state index in [2.05, 4.69) is 25.2 Å². The van der Waals surface area contributed by atoms with Crippen LogP contribution in [-0.4, -0.2) is 42.7 Å². The van der Waals surface area contributed by atoms with Crippen molar-refractivity contribution in [1.29, 1.82) is 0 Å². The molecule has 3 spiro atoms. The van der Waals surface area contributed by atoms with Gasteiger partial charge in [0.25, 0.3) is 5.91 Å². The number of aromatic nitrogens is 3. The monoisotopic (exact) mass is 504 g/mol. The highest BCUT2D eigenvalue weighted by molar-refractivity contribution is 7.16. The summed E-state index contributed by atoms with van der Waals surface area (Å²) < 4.78 is 0. The van der Waals surface area contributed by atoms with Gasteiger partial charge in [0.2, 0.25) is 5.91 Å².